The third kappa shape index (κ3) is 7.87. The molecular formula is C31H19ClF6N6O. The maximum atomic E-state index is 12.7. The minimum Gasteiger partial charge on any atom is -0.437 e. The van der Waals surface area contributed by atoms with E-state index in [1.165, 1.54) is 43.0 Å². The highest BCUT2D eigenvalue weighted by molar-refractivity contribution is 6.29. The van der Waals surface area contributed by atoms with E-state index < -0.39 is 23.5 Å². The molecule has 45 heavy (non-hydrogen) atoms. The van der Waals surface area contributed by atoms with Crippen LogP contribution in [-0.4, -0.2) is 29.9 Å². The van der Waals surface area contributed by atoms with E-state index in [2.05, 4.69) is 29.9 Å². The molecule has 0 saturated carbocycles. The highest BCUT2D eigenvalue weighted by atomic mass is 35.5. The SMILES string of the molecule is Cc1cnc2c(Oc3cc(-c4ccc(C(F)(F)F)cc4)ncn3)cccc2n1.FC(F)(F)c1ccc(-c2cc(Cl)ncn2)cc1. The van der Waals surface area contributed by atoms with Gasteiger partial charge in [-0.15, -0.1) is 0 Å². The molecule has 0 N–H and O–H groups in total. The topological polar surface area (TPSA) is 86.6 Å². The molecule has 228 valence electrons. The molecule has 0 fully saturated rings. The van der Waals surface area contributed by atoms with E-state index in [4.69, 9.17) is 16.3 Å². The molecule has 14 heteroatoms. The minimum atomic E-state index is -4.38. The largest absolute Gasteiger partial charge is 0.437 e. The lowest BCUT2D eigenvalue weighted by Crippen LogP contribution is -2.04. The van der Waals surface area contributed by atoms with Crippen molar-refractivity contribution in [2.45, 2.75) is 19.3 Å². The van der Waals surface area contributed by atoms with Gasteiger partial charge in [0.2, 0.25) is 5.88 Å². The summed E-state index contributed by atoms with van der Waals surface area (Å²) in [6, 6.07) is 17.9. The average Bonchev–Trinajstić information content (AvgIpc) is 3.01. The van der Waals surface area contributed by atoms with Gasteiger partial charge in [-0.2, -0.15) is 26.3 Å². The van der Waals surface area contributed by atoms with Crippen molar-refractivity contribution in [3.05, 3.63) is 120 Å². The zero-order chi connectivity index (χ0) is 32.2. The van der Waals surface area contributed by atoms with Crippen LogP contribution in [0.25, 0.3) is 33.5 Å². The number of rotatable bonds is 4. The predicted molar refractivity (Wildman–Crippen MR) is 154 cm³/mol. The number of hydrogen-bond donors (Lipinski definition) is 0. The lowest BCUT2D eigenvalue weighted by atomic mass is 10.1. The Kier molecular flexibility index (Phi) is 8.91. The zero-order valence-electron chi connectivity index (χ0n) is 23.0. The van der Waals surface area contributed by atoms with E-state index in [0.29, 0.717) is 39.3 Å². The van der Waals surface area contributed by atoms with Gasteiger partial charge in [-0.1, -0.05) is 41.9 Å². The van der Waals surface area contributed by atoms with Crippen molar-refractivity contribution in [1.29, 1.82) is 0 Å². The van der Waals surface area contributed by atoms with Gasteiger partial charge in [-0.25, -0.2) is 29.9 Å². The molecule has 0 saturated heterocycles. The fraction of sp³-hybridized carbons (Fsp3) is 0.0968. The van der Waals surface area contributed by atoms with Crippen LogP contribution in [0.4, 0.5) is 26.3 Å². The number of ether oxygens (including phenoxy) is 1. The van der Waals surface area contributed by atoms with Gasteiger partial charge in [-0.05, 0) is 43.3 Å². The second kappa shape index (κ2) is 12.8. The first kappa shape index (κ1) is 31.3. The standard InChI is InChI=1S/C20H13F3N4O.C11H6ClF3N2/c1-12-10-24-19-15(27-12)3-2-4-17(19)28-18-9-16(25-11-26-18)13-5-7-14(8-6-13)20(21,22)23;12-10-5-9(16-6-17-10)7-1-3-8(4-2-7)11(13,14)15/h2-11H,1H3;1-6H. The van der Waals surface area contributed by atoms with Crippen molar-refractivity contribution in [2.75, 3.05) is 0 Å². The molecule has 0 radical (unpaired) electrons. The molecule has 0 amide bonds. The number of benzene rings is 3. The van der Waals surface area contributed by atoms with Gasteiger partial charge in [0, 0.05) is 29.5 Å². The molecule has 3 heterocycles. The van der Waals surface area contributed by atoms with Gasteiger partial charge in [0.25, 0.3) is 0 Å². The number of para-hydroxylation sites is 1. The summed E-state index contributed by atoms with van der Waals surface area (Å²) in [5.74, 6) is 0.724. The third-order valence-electron chi connectivity index (χ3n) is 6.16. The lowest BCUT2D eigenvalue weighted by Gasteiger charge is -2.09. The third-order valence-corrected chi connectivity index (χ3v) is 6.37. The van der Waals surface area contributed by atoms with Crippen LogP contribution < -0.4 is 4.74 Å². The first-order chi connectivity index (χ1) is 21.4. The van der Waals surface area contributed by atoms with Crippen LogP contribution in [-0.2, 0) is 12.4 Å². The molecule has 0 aliphatic rings. The quantitative estimate of drug-likeness (QED) is 0.140. The van der Waals surface area contributed by atoms with Gasteiger partial charge < -0.3 is 4.74 Å². The lowest BCUT2D eigenvalue weighted by molar-refractivity contribution is -0.138. The van der Waals surface area contributed by atoms with Crippen LogP contribution >= 0.6 is 11.6 Å². The number of hydrogen-bond acceptors (Lipinski definition) is 7. The first-order valence-electron chi connectivity index (χ1n) is 12.9. The van der Waals surface area contributed by atoms with E-state index in [1.54, 1.807) is 24.4 Å². The molecule has 0 atom stereocenters. The summed E-state index contributed by atoms with van der Waals surface area (Å²) in [6.45, 7) is 1.85. The number of aromatic nitrogens is 6. The number of halogens is 7. The van der Waals surface area contributed by atoms with Crippen LogP contribution in [0.3, 0.4) is 0 Å². The van der Waals surface area contributed by atoms with Gasteiger partial charge >= 0.3 is 12.4 Å². The average molecular weight is 641 g/mol. The molecule has 0 aliphatic carbocycles. The highest BCUT2D eigenvalue weighted by Crippen LogP contribution is 2.33. The van der Waals surface area contributed by atoms with Crippen LogP contribution in [0.1, 0.15) is 16.8 Å². The summed E-state index contributed by atoms with van der Waals surface area (Å²) >= 11 is 5.67. The van der Waals surface area contributed by atoms with Crippen molar-refractivity contribution < 1.29 is 31.1 Å². The Morgan fingerprint density at radius 1 is 0.644 bits per heavy atom. The summed E-state index contributed by atoms with van der Waals surface area (Å²) in [4.78, 5) is 24.6. The van der Waals surface area contributed by atoms with Gasteiger partial charge in [0.05, 0.1) is 33.7 Å². The Hall–Kier alpha value is -5.17. The fourth-order valence-electron chi connectivity index (χ4n) is 4.01. The van der Waals surface area contributed by atoms with Crippen molar-refractivity contribution in [1.82, 2.24) is 29.9 Å². The van der Waals surface area contributed by atoms with Crippen molar-refractivity contribution >= 4 is 22.6 Å². The highest BCUT2D eigenvalue weighted by Gasteiger charge is 2.30. The maximum Gasteiger partial charge on any atom is 0.416 e. The van der Waals surface area contributed by atoms with Crippen LogP contribution in [0.2, 0.25) is 5.15 Å². The van der Waals surface area contributed by atoms with E-state index in [9.17, 15) is 26.3 Å². The van der Waals surface area contributed by atoms with E-state index in [-0.39, 0.29) is 11.0 Å². The summed E-state index contributed by atoms with van der Waals surface area (Å²) in [5.41, 5.74) is 2.66. The normalized spacial score (nSPS) is 11.6. The second-order valence-electron chi connectivity index (χ2n) is 9.36. The van der Waals surface area contributed by atoms with Crippen molar-refractivity contribution in [3.8, 4) is 34.1 Å². The Morgan fingerprint density at radius 2 is 1.20 bits per heavy atom. The van der Waals surface area contributed by atoms with Crippen LogP contribution in [0.5, 0.6) is 11.6 Å². The Balaban J connectivity index is 0.000000201. The number of aryl methyl sites for hydroxylation is 1. The Morgan fingerprint density at radius 3 is 1.76 bits per heavy atom. The first-order valence-corrected chi connectivity index (χ1v) is 13.3. The molecule has 3 aromatic heterocycles. The predicted octanol–water partition coefficient (Wildman–Crippen LogP) is 9.02. The molecule has 3 aromatic carbocycles. The van der Waals surface area contributed by atoms with Crippen LogP contribution in [0, 0.1) is 6.92 Å². The molecule has 6 rings (SSSR count). The van der Waals surface area contributed by atoms with Crippen molar-refractivity contribution in [2.24, 2.45) is 0 Å². The molecule has 0 bridgehead atoms. The van der Waals surface area contributed by atoms with E-state index in [0.717, 1.165) is 30.0 Å². The zero-order valence-corrected chi connectivity index (χ0v) is 23.7. The summed E-state index contributed by atoms with van der Waals surface area (Å²) in [6.07, 6.45) is -4.52. The van der Waals surface area contributed by atoms with E-state index in [1.807, 2.05) is 13.0 Å². The molecule has 0 aliphatic heterocycles. The maximum absolute atomic E-state index is 12.7. The molecule has 6 aromatic rings. The molecule has 0 unspecified atom stereocenters. The molecule has 7 nitrogen and oxygen atoms in total. The Labute approximate surface area is 256 Å². The summed E-state index contributed by atoms with van der Waals surface area (Å²) in [7, 11) is 0. The smallest absolute Gasteiger partial charge is 0.416 e. The Bertz CT molecular complexity index is 1930. The fourth-order valence-corrected chi connectivity index (χ4v) is 4.15. The number of alkyl halides is 6. The van der Waals surface area contributed by atoms with Gasteiger partial charge in [0.1, 0.15) is 23.3 Å². The van der Waals surface area contributed by atoms with Gasteiger partial charge in [-0.3, -0.25) is 0 Å². The summed E-state index contributed by atoms with van der Waals surface area (Å²) in [5, 5.41) is 0.245. The summed E-state index contributed by atoms with van der Waals surface area (Å²) < 4.78 is 81.0. The molecule has 0 spiro atoms. The van der Waals surface area contributed by atoms with Crippen molar-refractivity contribution in [3.63, 3.8) is 0 Å². The van der Waals surface area contributed by atoms with E-state index >= 15 is 0 Å². The molecular weight excluding hydrogens is 622 g/mol. The van der Waals surface area contributed by atoms with Gasteiger partial charge in [0.15, 0.2) is 5.75 Å². The monoisotopic (exact) mass is 640 g/mol. The number of nitrogens with zero attached hydrogens (tertiary/aromatic N) is 6. The number of fused-ring (bicyclic) bond motifs is 1. The van der Waals surface area contributed by atoms with Crippen LogP contribution in [0.15, 0.2) is 97.7 Å². The second-order valence-corrected chi connectivity index (χ2v) is 9.74. The minimum absolute atomic E-state index is 0.245.